The van der Waals surface area contributed by atoms with Crippen LogP contribution in [0.15, 0.2) is 104 Å². The zero-order valence-corrected chi connectivity index (χ0v) is 18.7. The molecule has 32 heavy (non-hydrogen) atoms. The molecule has 1 nitrogen and oxygen atoms in total. The minimum Gasteiger partial charge on any atom is -0.310 e. The minimum absolute atomic E-state index is 0.0384. The van der Waals surface area contributed by atoms with E-state index in [9.17, 15) is 0 Å². The Kier molecular flexibility index (Phi) is 4.83. The fraction of sp³-hybridized carbons (Fsp3) is 0.0968. The number of benzene rings is 4. The Hall–Kier alpha value is -3.84. The van der Waals surface area contributed by atoms with Gasteiger partial charge in [-0.2, -0.15) is 0 Å². The molecule has 0 amide bonds. The van der Waals surface area contributed by atoms with E-state index in [0.29, 0.717) is 0 Å². The molecule has 0 N–H and O–H groups in total. The molecule has 0 saturated heterocycles. The summed E-state index contributed by atoms with van der Waals surface area (Å²) in [4.78, 5) is 2.32. The van der Waals surface area contributed by atoms with Crippen molar-refractivity contribution in [2.75, 3.05) is 4.90 Å². The van der Waals surface area contributed by atoms with Crippen LogP contribution in [0.4, 0.5) is 17.1 Å². The Balaban J connectivity index is 1.71. The van der Waals surface area contributed by atoms with Crippen LogP contribution in [0.2, 0.25) is 0 Å². The lowest BCUT2D eigenvalue weighted by molar-refractivity contribution is 0.660. The van der Waals surface area contributed by atoms with Gasteiger partial charge in [0.25, 0.3) is 0 Å². The summed E-state index contributed by atoms with van der Waals surface area (Å²) in [6.07, 6.45) is 3.77. The monoisotopic (exact) mass is 413 g/mol. The van der Waals surface area contributed by atoms with Crippen LogP contribution < -0.4 is 4.90 Å². The van der Waals surface area contributed by atoms with Crippen molar-refractivity contribution in [3.05, 3.63) is 126 Å². The van der Waals surface area contributed by atoms with E-state index in [4.69, 9.17) is 0 Å². The zero-order valence-electron chi connectivity index (χ0n) is 18.7. The standard InChI is InChI=1S/C31H27N/c1-5-22-16-17-25(20-23(22)6-2)32(24-12-8-7-9-13-24)26-18-19-28-27-14-10-11-15-29(27)31(3,4)30(28)21-26/h5-21H,1-2H2,3-4H3. The van der Waals surface area contributed by atoms with Gasteiger partial charge in [0.05, 0.1) is 0 Å². The van der Waals surface area contributed by atoms with Crippen molar-refractivity contribution < 1.29 is 0 Å². The Bertz CT molecular complexity index is 1330. The second-order valence-electron chi connectivity index (χ2n) is 8.79. The number of hydrogen-bond acceptors (Lipinski definition) is 1. The molecule has 1 heteroatoms. The molecule has 5 rings (SSSR count). The van der Waals surface area contributed by atoms with Crippen molar-refractivity contribution >= 4 is 29.2 Å². The van der Waals surface area contributed by atoms with Crippen molar-refractivity contribution in [3.8, 4) is 11.1 Å². The molecule has 0 radical (unpaired) electrons. The Morgan fingerprint density at radius 2 is 1.22 bits per heavy atom. The van der Waals surface area contributed by atoms with Gasteiger partial charge in [-0.1, -0.05) is 93.8 Å². The van der Waals surface area contributed by atoms with Gasteiger partial charge in [0.15, 0.2) is 0 Å². The second kappa shape index (κ2) is 7.69. The first-order chi connectivity index (χ1) is 15.5. The van der Waals surface area contributed by atoms with Gasteiger partial charge < -0.3 is 4.90 Å². The van der Waals surface area contributed by atoms with E-state index < -0.39 is 0 Å². The van der Waals surface area contributed by atoms with Crippen LogP contribution in [0.1, 0.15) is 36.1 Å². The molecular weight excluding hydrogens is 386 g/mol. The molecule has 0 saturated carbocycles. The summed E-state index contributed by atoms with van der Waals surface area (Å²) in [5.74, 6) is 0. The smallest absolute Gasteiger partial charge is 0.0468 e. The van der Waals surface area contributed by atoms with E-state index in [1.165, 1.54) is 22.3 Å². The summed E-state index contributed by atoms with van der Waals surface area (Å²) < 4.78 is 0. The first-order valence-electron chi connectivity index (χ1n) is 11.0. The summed E-state index contributed by atoms with van der Waals surface area (Å²) in [6, 6.07) is 32.6. The Labute approximate surface area is 191 Å². The normalized spacial score (nSPS) is 13.2. The van der Waals surface area contributed by atoms with Crippen molar-refractivity contribution in [1.29, 1.82) is 0 Å². The highest BCUT2D eigenvalue weighted by molar-refractivity contribution is 5.86. The lowest BCUT2D eigenvalue weighted by Gasteiger charge is -2.28. The van der Waals surface area contributed by atoms with Crippen LogP contribution in [0.5, 0.6) is 0 Å². The summed E-state index contributed by atoms with van der Waals surface area (Å²) in [5, 5.41) is 0. The van der Waals surface area contributed by atoms with Crippen molar-refractivity contribution in [2.24, 2.45) is 0 Å². The SMILES string of the molecule is C=Cc1ccc(N(c2ccccc2)c2ccc3c(c2)C(C)(C)c2ccccc2-3)cc1C=C. The first-order valence-corrected chi connectivity index (χ1v) is 11.0. The topological polar surface area (TPSA) is 3.24 Å². The first kappa shape index (κ1) is 20.1. The number of anilines is 3. The van der Waals surface area contributed by atoms with E-state index in [1.807, 2.05) is 12.2 Å². The number of nitrogens with zero attached hydrogens (tertiary/aromatic N) is 1. The van der Waals surface area contributed by atoms with Gasteiger partial charge in [-0.25, -0.2) is 0 Å². The molecular formula is C31H27N. The fourth-order valence-corrected chi connectivity index (χ4v) is 4.92. The maximum atomic E-state index is 4.01. The molecule has 0 heterocycles. The highest BCUT2D eigenvalue weighted by atomic mass is 15.1. The van der Waals surface area contributed by atoms with E-state index in [1.54, 1.807) is 0 Å². The second-order valence-corrected chi connectivity index (χ2v) is 8.79. The molecule has 4 aromatic carbocycles. The van der Waals surface area contributed by atoms with E-state index in [0.717, 1.165) is 28.2 Å². The highest BCUT2D eigenvalue weighted by Gasteiger charge is 2.35. The van der Waals surface area contributed by atoms with E-state index >= 15 is 0 Å². The van der Waals surface area contributed by atoms with Gasteiger partial charge in [0.1, 0.15) is 0 Å². The molecule has 156 valence electrons. The molecule has 4 aromatic rings. The Morgan fingerprint density at radius 3 is 1.97 bits per heavy atom. The van der Waals surface area contributed by atoms with Crippen LogP contribution >= 0.6 is 0 Å². The number of fused-ring (bicyclic) bond motifs is 3. The predicted octanol–water partition coefficient (Wildman–Crippen LogP) is 8.75. The summed E-state index contributed by atoms with van der Waals surface area (Å²) >= 11 is 0. The van der Waals surface area contributed by atoms with Crippen LogP contribution in [0, 0.1) is 0 Å². The third-order valence-corrected chi connectivity index (χ3v) is 6.61. The van der Waals surface area contributed by atoms with Gasteiger partial charge in [0, 0.05) is 22.5 Å². The lowest BCUT2D eigenvalue weighted by atomic mass is 9.82. The van der Waals surface area contributed by atoms with Crippen LogP contribution in [0.3, 0.4) is 0 Å². The molecule has 0 aromatic heterocycles. The largest absolute Gasteiger partial charge is 0.310 e. The predicted molar refractivity (Wildman–Crippen MR) is 139 cm³/mol. The summed E-state index contributed by atoms with van der Waals surface area (Å²) in [5.41, 5.74) is 10.9. The van der Waals surface area contributed by atoms with Crippen molar-refractivity contribution in [3.63, 3.8) is 0 Å². The third-order valence-electron chi connectivity index (χ3n) is 6.61. The molecule has 0 aliphatic heterocycles. The van der Waals surface area contributed by atoms with E-state index in [-0.39, 0.29) is 5.41 Å². The molecule has 1 aliphatic rings. The van der Waals surface area contributed by atoms with Gasteiger partial charge in [-0.15, -0.1) is 0 Å². The minimum atomic E-state index is -0.0384. The molecule has 0 unspecified atom stereocenters. The average Bonchev–Trinajstić information content (AvgIpc) is 3.06. The molecule has 1 aliphatic carbocycles. The zero-order chi connectivity index (χ0) is 22.3. The van der Waals surface area contributed by atoms with Crippen molar-refractivity contribution in [1.82, 2.24) is 0 Å². The third kappa shape index (κ3) is 3.09. The van der Waals surface area contributed by atoms with E-state index in [2.05, 4.69) is 123 Å². The maximum absolute atomic E-state index is 4.01. The van der Waals surface area contributed by atoms with Crippen molar-refractivity contribution in [2.45, 2.75) is 19.3 Å². The quantitative estimate of drug-likeness (QED) is 0.316. The fourth-order valence-electron chi connectivity index (χ4n) is 4.92. The van der Waals surface area contributed by atoms with Crippen LogP contribution in [0.25, 0.3) is 23.3 Å². The average molecular weight is 414 g/mol. The van der Waals surface area contributed by atoms with Crippen LogP contribution in [-0.2, 0) is 5.41 Å². The summed E-state index contributed by atoms with van der Waals surface area (Å²) in [6.45, 7) is 12.6. The number of rotatable bonds is 5. The molecule has 0 atom stereocenters. The molecule has 0 bridgehead atoms. The lowest BCUT2D eigenvalue weighted by Crippen LogP contribution is -2.16. The number of para-hydroxylation sites is 1. The van der Waals surface area contributed by atoms with Gasteiger partial charge >= 0.3 is 0 Å². The molecule has 0 spiro atoms. The highest BCUT2D eigenvalue weighted by Crippen LogP contribution is 2.50. The maximum Gasteiger partial charge on any atom is 0.0468 e. The van der Waals surface area contributed by atoms with Crippen LogP contribution in [-0.4, -0.2) is 0 Å². The Morgan fingerprint density at radius 1 is 0.594 bits per heavy atom. The van der Waals surface area contributed by atoms with Gasteiger partial charge in [-0.05, 0) is 69.8 Å². The summed E-state index contributed by atoms with van der Waals surface area (Å²) in [7, 11) is 0. The van der Waals surface area contributed by atoms with Gasteiger partial charge in [-0.3, -0.25) is 0 Å². The number of hydrogen-bond donors (Lipinski definition) is 0. The molecule has 0 fully saturated rings. The van der Waals surface area contributed by atoms with Gasteiger partial charge in [0.2, 0.25) is 0 Å².